The smallest absolute Gasteiger partial charge is 0.161 e. The van der Waals surface area contributed by atoms with Crippen molar-refractivity contribution in [3.63, 3.8) is 0 Å². The van der Waals surface area contributed by atoms with Gasteiger partial charge in [0.05, 0.1) is 31.6 Å². The van der Waals surface area contributed by atoms with Crippen molar-refractivity contribution in [3.8, 4) is 11.5 Å². The van der Waals surface area contributed by atoms with E-state index in [0.717, 1.165) is 23.4 Å². The summed E-state index contributed by atoms with van der Waals surface area (Å²) in [5.41, 5.74) is 9.33. The summed E-state index contributed by atoms with van der Waals surface area (Å²) in [4.78, 5) is 0. The average molecular weight is 275 g/mol. The zero-order chi connectivity index (χ0) is 14.7. The zero-order valence-corrected chi connectivity index (χ0v) is 12.4. The predicted octanol–water partition coefficient (Wildman–Crippen LogP) is 2.05. The van der Waals surface area contributed by atoms with Crippen LogP contribution in [0.15, 0.2) is 24.3 Å². The summed E-state index contributed by atoms with van der Waals surface area (Å²) in [5, 5.41) is 4.43. The van der Waals surface area contributed by atoms with Crippen LogP contribution in [-0.2, 0) is 13.5 Å². The molecular formula is C15H21N3O2. The fraction of sp³-hybridized carbons (Fsp3) is 0.400. The number of hydrogen-bond donors (Lipinski definition) is 1. The highest BCUT2D eigenvalue weighted by Gasteiger charge is 2.16. The lowest BCUT2D eigenvalue weighted by Gasteiger charge is -2.15. The van der Waals surface area contributed by atoms with Crippen LogP contribution in [0.5, 0.6) is 11.5 Å². The molecule has 2 rings (SSSR count). The fourth-order valence-electron chi connectivity index (χ4n) is 2.22. The van der Waals surface area contributed by atoms with E-state index in [1.54, 1.807) is 14.2 Å². The van der Waals surface area contributed by atoms with Gasteiger partial charge in [-0.05, 0) is 30.2 Å². The quantitative estimate of drug-likeness (QED) is 0.907. The number of benzene rings is 1. The second-order valence-electron chi connectivity index (χ2n) is 4.63. The lowest BCUT2D eigenvalue weighted by molar-refractivity contribution is 0.354. The van der Waals surface area contributed by atoms with Crippen molar-refractivity contribution in [2.45, 2.75) is 19.4 Å². The highest BCUT2D eigenvalue weighted by Crippen LogP contribution is 2.31. The maximum absolute atomic E-state index is 6.34. The van der Waals surface area contributed by atoms with Gasteiger partial charge in [-0.1, -0.05) is 13.0 Å². The maximum atomic E-state index is 6.34. The Morgan fingerprint density at radius 2 is 1.90 bits per heavy atom. The van der Waals surface area contributed by atoms with Gasteiger partial charge in [-0.2, -0.15) is 5.10 Å². The highest BCUT2D eigenvalue weighted by molar-refractivity contribution is 5.45. The van der Waals surface area contributed by atoms with Crippen LogP contribution in [0.1, 0.15) is 29.9 Å². The Kier molecular flexibility index (Phi) is 4.29. The number of methoxy groups -OCH3 is 2. The molecule has 0 saturated heterocycles. The van der Waals surface area contributed by atoms with E-state index < -0.39 is 0 Å². The average Bonchev–Trinajstić information content (AvgIpc) is 2.86. The maximum Gasteiger partial charge on any atom is 0.161 e. The lowest BCUT2D eigenvalue weighted by Crippen LogP contribution is -2.16. The van der Waals surface area contributed by atoms with Gasteiger partial charge in [-0.25, -0.2) is 0 Å². The minimum Gasteiger partial charge on any atom is -0.493 e. The van der Waals surface area contributed by atoms with E-state index in [9.17, 15) is 0 Å². The predicted molar refractivity (Wildman–Crippen MR) is 78.2 cm³/mol. The van der Waals surface area contributed by atoms with Crippen LogP contribution in [0.4, 0.5) is 0 Å². The molecule has 0 aliphatic carbocycles. The molecule has 108 valence electrons. The number of hydrogen-bond acceptors (Lipinski definition) is 4. The molecule has 1 unspecified atom stereocenters. The molecule has 0 aliphatic heterocycles. The van der Waals surface area contributed by atoms with E-state index in [2.05, 4.69) is 12.0 Å². The Morgan fingerprint density at radius 3 is 2.45 bits per heavy atom. The van der Waals surface area contributed by atoms with Crippen molar-refractivity contribution in [2.75, 3.05) is 14.2 Å². The summed E-state index contributed by atoms with van der Waals surface area (Å²) in [6.07, 6.45) is 0.895. The van der Waals surface area contributed by atoms with Crippen molar-refractivity contribution >= 4 is 0 Å². The van der Waals surface area contributed by atoms with Crippen LogP contribution in [0.25, 0.3) is 0 Å². The van der Waals surface area contributed by atoms with E-state index in [0.29, 0.717) is 11.5 Å². The number of aryl methyl sites for hydroxylation is 2. The van der Waals surface area contributed by atoms with E-state index in [1.165, 1.54) is 0 Å². The lowest BCUT2D eigenvalue weighted by atomic mass is 10.0. The van der Waals surface area contributed by atoms with Crippen molar-refractivity contribution in [2.24, 2.45) is 12.8 Å². The normalized spacial score (nSPS) is 12.2. The largest absolute Gasteiger partial charge is 0.493 e. The van der Waals surface area contributed by atoms with Gasteiger partial charge in [-0.15, -0.1) is 0 Å². The van der Waals surface area contributed by atoms with Gasteiger partial charge in [0, 0.05) is 7.05 Å². The van der Waals surface area contributed by atoms with E-state index in [-0.39, 0.29) is 6.04 Å². The first-order valence-electron chi connectivity index (χ1n) is 6.61. The fourth-order valence-corrected chi connectivity index (χ4v) is 2.22. The SMILES string of the molecule is CCc1cc(C(N)c2ccc(OC)c(OC)c2)n(C)n1. The molecule has 0 amide bonds. The van der Waals surface area contributed by atoms with Crippen molar-refractivity contribution < 1.29 is 9.47 Å². The van der Waals surface area contributed by atoms with Crippen LogP contribution < -0.4 is 15.2 Å². The summed E-state index contributed by atoms with van der Waals surface area (Å²) < 4.78 is 12.4. The molecule has 1 aromatic heterocycles. The number of aromatic nitrogens is 2. The van der Waals surface area contributed by atoms with Crippen molar-refractivity contribution in [1.82, 2.24) is 9.78 Å². The summed E-state index contributed by atoms with van der Waals surface area (Å²) >= 11 is 0. The molecule has 0 bridgehead atoms. The molecule has 1 aromatic carbocycles. The second kappa shape index (κ2) is 5.96. The molecule has 1 heterocycles. The van der Waals surface area contributed by atoms with Crippen LogP contribution in [-0.4, -0.2) is 24.0 Å². The Hall–Kier alpha value is -2.01. The molecule has 0 aliphatic rings. The van der Waals surface area contributed by atoms with Crippen LogP contribution in [0.2, 0.25) is 0 Å². The van der Waals surface area contributed by atoms with E-state index >= 15 is 0 Å². The van der Waals surface area contributed by atoms with Gasteiger partial charge in [0.1, 0.15) is 0 Å². The number of ether oxygens (including phenoxy) is 2. The van der Waals surface area contributed by atoms with Gasteiger partial charge in [0.25, 0.3) is 0 Å². The Morgan fingerprint density at radius 1 is 1.20 bits per heavy atom. The molecule has 0 fully saturated rings. The van der Waals surface area contributed by atoms with Gasteiger partial charge >= 0.3 is 0 Å². The van der Waals surface area contributed by atoms with Gasteiger partial charge in [0.2, 0.25) is 0 Å². The first-order chi connectivity index (χ1) is 9.60. The molecule has 20 heavy (non-hydrogen) atoms. The Balaban J connectivity index is 2.37. The minimum absolute atomic E-state index is 0.243. The van der Waals surface area contributed by atoms with Crippen LogP contribution >= 0.6 is 0 Å². The van der Waals surface area contributed by atoms with E-state index in [4.69, 9.17) is 15.2 Å². The first-order valence-corrected chi connectivity index (χ1v) is 6.61. The second-order valence-corrected chi connectivity index (χ2v) is 4.63. The molecule has 0 saturated carbocycles. The molecule has 0 radical (unpaired) electrons. The molecule has 5 nitrogen and oxygen atoms in total. The topological polar surface area (TPSA) is 62.3 Å². The van der Waals surface area contributed by atoms with Crippen LogP contribution in [0, 0.1) is 0 Å². The summed E-state index contributed by atoms with van der Waals surface area (Å²) in [6, 6.07) is 7.52. The molecule has 1 atom stereocenters. The third kappa shape index (κ3) is 2.63. The van der Waals surface area contributed by atoms with Gasteiger partial charge < -0.3 is 15.2 Å². The van der Waals surface area contributed by atoms with Crippen LogP contribution in [0.3, 0.4) is 0 Å². The first kappa shape index (κ1) is 14.4. The monoisotopic (exact) mass is 275 g/mol. The minimum atomic E-state index is -0.243. The van der Waals surface area contributed by atoms with Crippen molar-refractivity contribution in [1.29, 1.82) is 0 Å². The number of nitrogens with two attached hydrogens (primary N) is 1. The standard InChI is InChI=1S/C15H21N3O2/c1-5-11-9-12(18(2)17-11)15(16)10-6-7-13(19-3)14(8-10)20-4/h6-9,15H,5,16H2,1-4H3. The third-order valence-electron chi connectivity index (χ3n) is 3.41. The zero-order valence-electron chi connectivity index (χ0n) is 12.4. The van der Waals surface area contributed by atoms with Gasteiger partial charge in [0.15, 0.2) is 11.5 Å². The Bertz CT molecular complexity index is 593. The number of nitrogens with zero attached hydrogens (tertiary/aromatic N) is 2. The molecular weight excluding hydrogens is 254 g/mol. The molecule has 5 heteroatoms. The molecule has 2 N–H and O–H groups in total. The molecule has 2 aromatic rings. The third-order valence-corrected chi connectivity index (χ3v) is 3.41. The van der Waals surface area contributed by atoms with Gasteiger partial charge in [-0.3, -0.25) is 4.68 Å². The van der Waals surface area contributed by atoms with Crippen molar-refractivity contribution in [3.05, 3.63) is 41.2 Å². The summed E-state index contributed by atoms with van der Waals surface area (Å²) in [7, 11) is 5.15. The van der Waals surface area contributed by atoms with E-state index in [1.807, 2.05) is 36.0 Å². The summed E-state index contributed by atoms with van der Waals surface area (Å²) in [6.45, 7) is 2.08. The Labute approximate surface area is 119 Å². The number of rotatable bonds is 5. The summed E-state index contributed by atoms with van der Waals surface area (Å²) in [5.74, 6) is 1.38. The molecule has 0 spiro atoms. The highest BCUT2D eigenvalue weighted by atomic mass is 16.5.